The second-order valence-electron chi connectivity index (χ2n) is 6.59. The van der Waals surface area contributed by atoms with Gasteiger partial charge in [0.25, 0.3) is 5.56 Å². The molecule has 0 aliphatic heterocycles. The zero-order valence-electron chi connectivity index (χ0n) is 15.7. The van der Waals surface area contributed by atoms with Crippen molar-refractivity contribution in [3.8, 4) is 11.1 Å². The van der Waals surface area contributed by atoms with Gasteiger partial charge in [0.1, 0.15) is 11.3 Å². The molecule has 1 aromatic carbocycles. The van der Waals surface area contributed by atoms with Gasteiger partial charge in [-0.1, -0.05) is 24.3 Å². The fraction of sp³-hybridized carbons (Fsp3) is 0.0435. The Hall–Kier alpha value is -4.06. The molecule has 0 saturated heterocycles. The lowest BCUT2D eigenvalue weighted by atomic mass is 10.1. The highest BCUT2D eigenvalue weighted by Crippen LogP contribution is 2.18. The summed E-state index contributed by atoms with van der Waals surface area (Å²) in [5.74, 6) is 0.196. The summed E-state index contributed by atoms with van der Waals surface area (Å²) in [4.78, 5) is 16.5. The number of benzene rings is 1. The third-order valence-corrected chi connectivity index (χ3v) is 4.76. The number of para-hydroxylation sites is 1. The van der Waals surface area contributed by atoms with Gasteiger partial charge in [0.15, 0.2) is 0 Å². The quantitative estimate of drug-likeness (QED) is 0.322. The molecule has 0 amide bonds. The number of hydrogen-bond donors (Lipinski definition) is 2. The normalized spacial score (nSPS) is 10.8. The predicted molar refractivity (Wildman–Crippen MR) is 114 cm³/mol. The van der Waals surface area contributed by atoms with Crippen LogP contribution >= 0.6 is 0 Å². The second kappa shape index (κ2) is 7.52. The molecule has 0 radical (unpaired) electrons. The number of hydrogen-bond acceptors (Lipinski definition) is 4. The lowest BCUT2D eigenvalue weighted by Gasteiger charge is -2.12. The number of pyridine rings is 3. The van der Waals surface area contributed by atoms with E-state index in [-0.39, 0.29) is 16.9 Å². The fourth-order valence-electron chi connectivity index (χ4n) is 3.28. The van der Waals surface area contributed by atoms with Crippen molar-refractivity contribution in [3.05, 3.63) is 107 Å². The lowest BCUT2D eigenvalue weighted by molar-refractivity contribution is 0.781. The zero-order valence-corrected chi connectivity index (χ0v) is 15.7. The molecule has 2 N–H and O–H groups in total. The van der Waals surface area contributed by atoms with Gasteiger partial charge in [-0.25, -0.2) is 0 Å². The molecule has 3 aromatic heterocycles. The first-order valence-corrected chi connectivity index (χ1v) is 9.10. The van der Waals surface area contributed by atoms with Crippen LogP contribution in [0, 0.1) is 10.8 Å². The van der Waals surface area contributed by atoms with E-state index >= 15 is 0 Å². The highest BCUT2D eigenvalue weighted by Gasteiger charge is 2.10. The minimum Gasteiger partial charge on any atom is -0.312 e. The van der Waals surface area contributed by atoms with Crippen LogP contribution < -0.4 is 11.0 Å². The van der Waals surface area contributed by atoms with Crippen LogP contribution in [0.1, 0.15) is 5.56 Å². The van der Waals surface area contributed by atoms with Crippen molar-refractivity contribution < 1.29 is 0 Å². The Morgan fingerprint density at radius 1 is 1.07 bits per heavy atom. The average Bonchev–Trinajstić information content (AvgIpc) is 2.74. The summed E-state index contributed by atoms with van der Waals surface area (Å²) >= 11 is 0. The molecule has 0 atom stereocenters. The van der Waals surface area contributed by atoms with Gasteiger partial charge in [-0.05, 0) is 41.5 Å². The Bertz CT molecular complexity index is 1360. The summed E-state index contributed by atoms with van der Waals surface area (Å²) in [6, 6.07) is 16.3. The molecule has 0 fully saturated rings. The van der Waals surface area contributed by atoms with Gasteiger partial charge in [-0.15, -0.1) is 6.58 Å². The zero-order chi connectivity index (χ0) is 20.4. The lowest BCUT2D eigenvalue weighted by Crippen LogP contribution is -2.26. The first-order chi connectivity index (χ1) is 14.1. The first-order valence-electron chi connectivity index (χ1n) is 9.10. The topological polar surface area (TPSA) is 87.5 Å². The molecule has 4 aromatic rings. The van der Waals surface area contributed by atoms with Gasteiger partial charge < -0.3 is 4.57 Å². The molecule has 4 rings (SSSR count). The average molecular weight is 381 g/mol. The molecule has 0 aliphatic rings. The van der Waals surface area contributed by atoms with Crippen molar-refractivity contribution in [2.75, 3.05) is 0 Å². The van der Waals surface area contributed by atoms with Crippen LogP contribution in [0.15, 0.2) is 90.6 Å². The third-order valence-electron chi connectivity index (χ3n) is 4.76. The molecule has 0 spiro atoms. The molecule has 142 valence electrons. The van der Waals surface area contributed by atoms with Gasteiger partial charge in [0, 0.05) is 42.2 Å². The Morgan fingerprint density at radius 2 is 1.83 bits per heavy atom. The second-order valence-corrected chi connectivity index (χ2v) is 6.59. The standard InChI is InChI=1S/C23H19N5O/c1-2-11-27-12-8-17(15-22(27)29)16-9-13-28(21(24)14-16)23(25)19-7-10-26-20-6-4-3-5-18(19)20/h2-10,12-15,24-25H,1,11H2. The SMILES string of the molecule is C=CCn1ccc(-c2ccn(C(=N)c3ccnc4ccccc34)c(=N)c2)cc1=O. The molecule has 29 heavy (non-hydrogen) atoms. The van der Waals surface area contributed by atoms with E-state index in [1.165, 1.54) is 4.57 Å². The molecular formula is C23H19N5O. The highest BCUT2D eigenvalue weighted by molar-refractivity contribution is 6.08. The molecular weight excluding hydrogens is 362 g/mol. The predicted octanol–water partition coefficient (Wildman–Crippen LogP) is 3.40. The maximum absolute atomic E-state index is 12.2. The van der Waals surface area contributed by atoms with E-state index in [1.54, 1.807) is 47.4 Å². The summed E-state index contributed by atoms with van der Waals surface area (Å²) < 4.78 is 3.07. The van der Waals surface area contributed by atoms with E-state index in [0.29, 0.717) is 12.1 Å². The maximum atomic E-state index is 12.2. The Labute approximate surface area is 167 Å². The molecule has 0 aliphatic carbocycles. The Balaban J connectivity index is 1.73. The number of aromatic nitrogens is 3. The molecule has 0 unspecified atom stereocenters. The van der Waals surface area contributed by atoms with Gasteiger partial charge in [0.2, 0.25) is 0 Å². The highest BCUT2D eigenvalue weighted by atomic mass is 16.1. The van der Waals surface area contributed by atoms with Crippen molar-refractivity contribution in [1.29, 1.82) is 10.8 Å². The van der Waals surface area contributed by atoms with E-state index < -0.39 is 0 Å². The van der Waals surface area contributed by atoms with Crippen molar-refractivity contribution in [1.82, 2.24) is 14.1 Å². The number of nitrogens with zero attached hydrogens (tertiary/aromatic N) is 3. The van der Waals surface area contributed by atoms with Crippen molar-refractivity contribution >= 4 is 16.7 Å². The smallest absolute Gasteiger partial charge is 0.251 e. The number of rotatable bonds is 4. The summed E-state index contributed by atoms with van der Waals surface area (Å²) in [7, 11) is 0. The molecule has 6 heteroatoms. The van der Waals surface area contributed by atoms with Crippen LogP contribution in [-0.4, -0.2) is 20.0 Å². The number of allylic oxidation sites excluding steroid dienone is 1. The molecule has 6 nitrogen and oxygen atoms in total. The van der Waals surface area contributed by atoms with Gasteiger partial charge in [0.05, 0.1) is 5.52 Å². The van der Waals surface area contributed by atoms with Crippen molar-refractivity contribution in [3.63, 3.8) is 0 Å². The monoisotopic (exact) mass is 381 g/mol. The fourth-order valence-corrected chi connectivity index (χ4v) is 3.28. The van der Waals surface area contributed by atoms with Crippen molar-refractivity contribution in [2.45, 2.75) is 6.54 Å². The van der Waals surface area contributed by atoms with Gasteiger partial charge in [-0.2, -0.15) is 0 Å². The van der Waals surface area contributed by atoms with E-state index in [0.717, 1.165) is 22.0 Å². The largest absolute Gasteiger partial charge is 0.312 e. The van der Waals surface area contributed by atoms with Gasteiger partial charge in [-0.3, -0.25) is 25.2 Å². The van der Waals surface area contributed by atoms with E-state index in [2.05, 4.69) is 11.6 Å². The summed E-state index contributed by atoms with van der Waals surface area (Å²) in [6.45, 7) is 4.10. The summed E-state index contributed by atoms with van der Waals surface area (Å²) in [5, 5.41) is 17.9. The van der Waals surface area contributed by atoms with Crippen LogP contribution in [0.5, 0.6) is 0 Å². The number of nitrogens with one attached hydrogen (secondary N) is 2. The van der Waals surface area contributed by atoms with Crippen LogP contribution in [-0.2, 0) is 6.54 Å². The molecule has 0 bridgehead atoms. The minimum absolute atomic E-state index is 0.123. The summed E-state index contributed by atoms with van der Waals surface area (Å²) in [6.07, 6.45) is 6.74. The Morgan fingerprint density at radius 3 is 2.59 bits per heavy atom. The van der Waals surface area contributed by atoms with E-state index in [9.17, 15) is 4.79 Å². The minimum atomic E-state index is -0.123. The maximum Gasteiger partial charge on any atom is 0.251 e. The van der Waals surface area contributed by atoms with Gasteiger partial charge >= 0.3 is 0 Å². The van der Waals surface area contributed by atoms with E-state index in [1.807, 2.05) is 36.4 Å². The van der Waals surface area contributed by atoms with Crippen LogP contribution in [0.4, 0.5) is 0 Å². The summed E-state index contributed by atoms with van der Waals surface area (Å²) in [5.41, 5.74) is 3.02. The van der Waals surface area contributed by atoms with E-state index in [4.69, 9.17) is 10.8 Å². The Kier molecular flexibility index (Phi) is 4.75. The number of fused-ring (bicyclic) bond motifs is 1. The van der Waals surface area contributed by atoms with Crippen LogP contribution in [0.2, 0.25) is 0 Å². The third kappa shape index (κ3) is 3.43. The molecule has 0 saturated carbocycles. The molecule has 3 heterocycles. The van der Waals surface area contributed by atoms with Crippen LogP contribution in [0.25, 0.3) is 22.0 Å². The van der Waals surface area contributed by atoms with Crippen LogP contribution in [0.3, 0.4) is 0 Å². The first kappa shape index (κ1) is 18.3. The van der Waals surface area contributed by atoms with Crippen molar-refractivity contribution in [2.24, 2.45) is 0 Å².